The van der Waals surface area contributed by atoms with Gasteiger partial charge in [0.15, 0.2) is 11.6 Å². The monoisotopic (exact) mass is 290 g/mol. The van der Waals surface area contributed by atoms with Crippen molar-refractivity contribution in [3.63, 3.8) is 0 Å². The number of hydrogen-bond donors (Lipinski definition) is 2. The number of benzene rings is 2. The lowest BCUT2D eigenvalue weighted by atomic mass is 10.2. The fraction of sp³-hybridized carbons (Fsp3) is 0.188. The van der Waals surface area contributed by atoms with Crippen molar-refractivity contribution in [1.29, 1.82) is 0 Å². The highest BCUT2D eigenvalue weighted by Crippen LogP contribution is 2.18. The summed E-state index contributed by atoms with van der Waals surface area (Å²) in [6.45, 7) is 2.91. The van der Waals surface area contributed by atoms with Gasteiger partial charge >= 0.3 is 0 Å². The minimum atomic E-state index is -1.06. The topological polar surface area (TPSA) is 41.1 Å². The normalized spacial score (nSPS) is 10.2. The van der Waals surface area contributed by atoms with E-state index in [0.717, 1.165) is 24.7 Å². The molecule has 0 saturated carbocycles. The summed E-state index contributed by atoms with van der Waals surface area (Å²) in [6, 6.07) is 10.5. The van der Waals surface area contributed by atoms with Crippen molar-refractivity contribution in [2.45, 2.75) is 13.3 Å². The predicted octanol–water partition coefficient (Wildman–Crippen LogP) is 4.04. The first kappa shape index (κ1) is 15.0. The van der Waals surface area contributed by atoms with Crippen LogP contribution in [0.25, 0.3) is 0 Å². The van der Waals surface area contributed by atoms with E-state index in [1.807, 2.05) is 0 Å². The van der Waals surface area contributed by atoms with E-state index < -0.39 is 17.5 Å². The molecular formula is C16H16F2N2O. The van der Waals surface area contributed by atoms with Crippen LogP contribution in [0, 0.1) is 11.6 Å². The predicted molar refractivity (Wildman–Crippen MR) is 79.5 cm³/mol. The second-order valence-corrected chi connectivity index (χ2v) is 4.56. The van der Waals surface area contributed by atoms with Gasteiger partial charge in [-0.3, -0.25) is 4.79 Å². The van der Waals surface area contributed by atoms with Gasteiger partial charge in [0.1, 0.15) is 0 Å². The van der Waals surface area contributed by atoms with Crippen LogP contribution in [0.15, 0.2) is 42.5 Å². The number of amides is 1. The summed E-state index contributed by atoms with van der Waals surface area (Å²) in [4.78, 5) is 12.0. The van der Waals surface area contributed by atoms with Crippen molar-refractivity contribution in [3.8, 4) is 0 Å². The van der Waals surface area contributed by atoms with Gasteiger partial charge in [-0.15, -0.1) is 0 Å². The van der Waals surface area contributed by atoms with Crippen molar-refractivity contribution >= 4 is 17.3 Å². The fourth-order valence-electron chi connectivity index (χ4n) is 1.80. The van der Waals surface area contributed by atoms with E-state index in [4.69, 9.17) is 0 Å². The summed E-state index contributed by atoms with van der Waals surface area (Å²) < 4.78 is 26.6. The molecule has 2 aromatic carbocycles. The largest absolute Gasteiger partial charge is 0.385 e. The molecule has 0 aliphatic carbocycles. The lowest BCUT2D eigenvalue weighted by Gasteiger charge is -2.08. The summed E-state index contributed by atoms with van der Waals surface area (Å²) in [7, 11) is 0. The van der Waals surface area contributed by atoms with Gasteiger partial charge in [0.05, 0.1) is 5.69 Å². The Morgan fingerprint density at radius 1 is 1.10 bits per heavy atom. The first-order valence-electron chi connectivity index (χ1n) is 6.71. The maximum atomic E-state index is 13.5. The Hall–Kier alpha value is -2.43. The highest BCUT2D eigenvalue weighted by Gasteiger charge is 2.12. The number of carbonyl (C=O) groups excluding carboxylic acids is 1. The molecule has 21 heavy (non-hydrogen) atoms. The number of nitrogens with one attached hydrogen (secondary N) is 2. The molecule has 1 amide bonds. The number of anilines is 2. The summed E-state index contributed by atoms with van der Waals surface area (Å²) in [5.41, 5.74) is 1.11. The van der Waals surface area contributed by atoms with Gasteiger partial charge in [-0.1, -0.05) is 13.0 Å². The third kappa shape index (κ3) is 3.78. The number of rotatable bonds is 5. The third-order valence-corrected chi connectivity index (χ3v) is 2.93. The highest BCUT2D eigenvalue weighted by molar-refractivity contribution is 6.04. The van der Waals surface area contributed by atoms with Crippen LogP contribution in [0.2, 0.25) is 0 Å². The molecule has 0 radical (unpaired) electrons. The molecule has 5 heteroatoms. The molecule has 0 heterocycles. The van der Waals surface area contributed by atoms with Crippen LogP contribution in [0.1, 0.15) is 23.7 Å². The van der Waals surface area contributed by atoms with E-state index >= 15 is 0 Å². The Balaban J connectivity index is 2.08. The summed E-state index contributed by atoms with van der Waals surface area (Å²) in [5.74, 6) is -2.54. The van der Waals surface area contributed by atoms with Crippen LogP contribution in [-0.2, 0) is 0 Å². The quantitative estimate of drug-likeness (QED) is 0.872. The van der Waals surface area contributed by atoms with Crippen molar-refractivity contribution in [3.05, 3.63) is 59.7 Å². The Kier molecular flexibility index (Phi) is 4.87. The van der Waals surface area contributed by atoms with Crippen molar-refractivity contribution in [1.82, 2.24) is 0 Å². The number of halogens is 2. The van der Waals surface area contributed by atoms with Gasteiger partial charge in [0.2, 0.25) is 0 Å². The molecule has 2 aromatic rings. The number of carbonyl (C=O) groups is 1. The molecule has 0 atom stereocenters. The average molecular weight is 290 g/mol. The zero-order chi connectivity index (χ0) is 15.2. The van der Waals surface area contributed by atoms with E-state index in [-0.39, 0.29) is 5.69 Å². The standard InChI is InChI=1S/C16H16F2N2O/c1-2-10-19-12-8-6-11(7-9-12)16(21)20-14-5-3-4-13(17)15(14)18/h3-9,19H,2,10H2,1H3,(H,20,21). The zero-order valence-corrected chi connectivity index (χ0v) is 11.6. The highest BCUT2D eigenvalue weighted by atomic mass is 19.2. The zero-order valence-electron chi connectivity index (χ0n) is 11.6. The van der Waals surface area contributed by atoms with Crippen molar-refractivity contribution in [2.24, 2.45) is 0 Å². The molecule has 0 bridgehead atoms. The van der Waals surface area contributed by atoms with E-state index in [9.17, 15) is 13.6 Å². The lowest BCUT2D eigenvalue weighted by Crippen LogP contribution is -2.13. The van der Waals surface area contributed by atoms with E-state index in [0.29, 0.717) is 5.56 Å². The Morgan fingerprint density at radius 2 is 1.81 bits per heavy atom. The first-order chi connectivity index (χ1) is 10.1. The van der Waals surface area contributed by atoms with E-state index in [1.165, 1.54) is 12.1 Å². The molecule has 0 aliphatic heterocycles. The van der Waals surface area contributed by atoms with Crippen LogP contribution >= 0.6 is 0 Å². The molecule has 0 aromatic heterocycles. The second kappa shape index (κ2) is 6.83. The maximum absolute atomic E-state index is 13.5. The van der Waals surface area contributed by atoms with Gasteiger partial charge < -0.3 is 10.6 Å². The van der Waals surface area contributed by atoms with Crippen LogP contribution in [-0.4, -0.2) is 12.5 Å². The van der Waals surface area contributed by atoms with Crippen molar-refractivity contribution < 1.29 is 13.6 Å². The van der Waals surface area contributed by atoms with Crippen LogP contribution < -0.4 is 10.6 Å². The summed E-state index contributed by atoms with van der Waals surface area (Å²) >= 11 is 0. The van der Waals surface area contributed by atoms with Crippen LogP contribution in [0.3, 0.4) is 0 Å². The van der Waals surface area contributed by atoms with Gasteiger partial charge in [-0.25, -0.2) is 8.78 Å². The maximum Gasteiger partial charge on any atom is 0.255 e. The van der Waals surface area contributed by atoms with Crippen LogP contribution in [0.4, 0.5) is 20.2 Å². The average Bonchev–Trinajstić information content (AvgIpc) is 2.50. The first-order valence-corrected chi connectivity index (χ1v) is 6.71. The molecule has 0 spiro atoms. The van der Waals surface area contributed by atoms with E-state index in [1.54, 1.807) is 24.3 Å². The third-order valence-electron chi connectivity index (χ3n) is 2.93. The molecule has 3 nitrogen and oxygen atoms in total. The Bertz CT molecular complexity index is 627. The summed E-state index contributed by atoms with van der Waals surface area (Å²) in [6.07, 6.45) is 1.00. The molecule has 110 valence electrons. The smallest absolute Gasteiger partial charge is 0.255 e. The van der Waals surface area contributed by atoms with Gasteiger partial charge in [0.25, 0.3) is 5.91 Å². The molecule has 0 unspecified atom stereocenters. The SMILES string of the molecule is CCCNc1ccc(C(=O)Nc2cccc(F)c2F)cc1. The van der Waals surface area contributed by atoms with Gasteiger partial charge in [-0.2, -0.15) is 0 Å². The minimum Gasteiger partial charge on any atom is -0.385 e. The molecule has 2 N–H and O–H groups in total. The Morgan fingerprint density at radius 3 is 2.48 bits per heavy atom. The van der Waals surface area contributed by atoms with Gasteiger partial charge in [0, 0.05) is 17.8 Å². The second-order valence-electron chi connectivity index (χ2n) is 4.56. The molecule has 2 rings (SSSR count). The molecule has 0 aliphatic rings. The molecule has 0 saturated heterocycles. The lowest BCUT2D eigenvalue weighted by molar-refractivity contribution is 0.102. The molecular weight excluding hydrogens is 274 g/mol. The minimum absolute atomic E-state index is 0.173. The number of hydrogen-bond acceptors (Lipinski definition) is 2. The van der Waals surface area contributed by atoms with E-state index in [2.05, 4.69) is 17.6 Å². The summed E-state index contributed by atoms with van der Waals surface area (Å²) in [5, 5.41) is 5.54. The fourth-order valence-corrected chi connectivity index (χ4v) is 1.80. The van der Waals surface area contributed by atoms with Crippen LogP contribution in [0.5, 0.6) is 0 Å². The van der Waals surface area contributed by atoms with Crippen molar-refractivity contribution in [2.75, 3.05) is 17.2 Å². The Labute approximate surface area is 122 Å². The molecule has 0 fully saturated rings. The van der Waals surface area contributed by atoms with Gasteiger partial charge in [-0.05, 0) is 42.8 Å².